The molecule has 1 aromatic heterocycles. The zero-order valence-electron chi connectivity index (χ0n) is 13.9. The molecule has 1 aromatic carbocycles. The van der Waals surface area contributed by atoms with Gasteiger partial charge in [0.2, 0.25) is 0 Å². The second kappa shape index (κ2) is 6.24. The van der Waals surface area contributed by atoms with Crippen LogP contribution >= 0.6 is 0 Å². The fraction of sp³-hybridized carbons (Fsp3) is 0.389. The summed E-state index contributed by atoms with van der Waals surface area (Å²) in [5.41, 5.74) is 1.34. The van der Waals surface area contributed by atoms with Crippen molar-refractivity contribution >= 4 is 6.48 Å². The molecule has 0 saturated carbocycles. The summed E-state index contributed by atoms with van der Waals surface area (Å²) in [5, 5.41) is 0. The van der Waals surface area contributed by atoms with Gasteiger partial charge >= 0.3 is 12.7 Å². The van der Waals surface area contributed by atoms with E-state index in [9.17, 15) is 13.2 Å². The first-order valence-electron chi connectivity index (χ1n) is 8.42. The molecule has 0 bridgehead atoms. The van der Waals surface area contributed by atoms with E-state index in [1.54, 1.807) is 0 Å². The molecule has 0 spiro atoms. The quantitative estimate of drug-likeness (QED) is 0.745. The van der Waals surface area contributed by atoms with Crippen molar-refractivity contribution in [2.45, 2.75) is 45.2 Å². The average molecular weight is 335 g/mol. The zero-order valence-corrected chi connectivity index (χ0v) is 13.9. The molecule has 128 valence electrons. The summed E-state index contributed by atoms with van der Waals surface area (Å²) >= 11 is 0. The normalized spacial score (nSPS) is 19.8. The lowest BCUT2D eigenvalue weighted by Gasteiger charge is -2.42. The number of hydrogen-bond acceptors (Lipinski definition) is 1. The van der Waals surface area contributed by atoms with Gasteiger partial charge in [-0.1, -0.05) is 44.7 Å². The Morgan fingerprint density at radius 3 is 2.33 bits per heavy atom. The van der Waals surface area contributed by atoms with Gasteiger partial charge in [-0.05, 0) is 23.8 Å². The van der Waals surface area contributed by atoms with Crippen LogP contribution in [0.3, 0.4) is 0 Å². The molecule has 0 aliphatic carbocycles. The molecule has 0 fully saturated rings. The fourth-order valence-electron chi connectivity index (χ4n) is 3.69. The number of fused-ring (bicyclic) bond motifs is 1. The minimum atomic E-state index is -4.31. The SMILES string of the molecule is CC[B-]1(CC)OC(c2ccc(C(F)(F)F)cc2)Cc2cccc[n+]21. The Kier molecular flexibility index (Phi) is 4.43. The number of nitrogens with zero attached hydrogens (tertiary/aromatic N) is 1. The van der Waals surface area contributed by atoms with Crippen molar-refractivity contribution < 1.29 is 22.3 Å². The minimum absolute atomic E-state index is 0.213. The van der Waals surface area contributed by atoms with Crippen molar-refractivity contribution in [3.63, 3.8) is 0 Å². The standard InChI is InChI=1S/C18H21BF3NO/c1-3-19(4-2)23-12-6-5-7-16(23)13-17(24-19)14-8-10-15(11-9-14)18(20,21)22/h5-12,17H,3-4,13H2,1-2H3. The van der Waals surface area contributed by atoms with Crippen LogP contribution in [0.25, 0.3) is 0 Å². The minimum Gasteiger partial charge on any atom is -0.526 e. The Balaban J connectivity index is 1.96. The number of hydrogen-bond donors (Lipinski definition) is 0. The zero-order chi connectivity index (χ0) is 17.4. The third-order valence-corrected chi connectivity index (χ3v) is 5.18. The molecule has 3 rings (SSSR count). The van der Waals surface area contributed by atoms with Gasteiger partial charge in [0.25, 0.3) is 0 Å². The Morgan fingerprint density at radius 1 is 1.08 bits per heavy atom. The average Bonchev–Trinajstić information content (AvgIpc) is 2.60. The Bertz CT molecular complexity index is 711. The van der Waals surface area contributed by atoms with Crippen LogP contribution in [0, 0.1) is 0 Å². The monoisotopic (exact) mass is 335 g/mol. The van der Waals surface area contributed by atoms with Crippen LogP contribution < -0.4 is 4.48 Å². The van der Waals surface area contributed by atoms with Crippen molar-refractivity contribution in [1.82, 2.24) is 0 Å². The van der Waals surface area contributed by atoms with Crippen LogP contribution in [0.2, 0.25) is 12.6 Å². The number of alkyl halides is 3. The van der Waals surface area contributed by atoms with Crippen LogP contribution in [-0.2, 0) is 17.3 Å². The maximum absolute atomic E-state index is 12.8. The second-order valence-corrected chi connectivity index (χ2v) is 6.46. The van der Waals surface area contributed by atoms with Crippen molar-refractivity contribution in [2.75, 3.05) is 0 Å². The number of aromatic nitrogens is 1. The van der Waals surface area contributed by atoms with E-state index < -0.39 is 18.2 Å². The lowest BCUT2D eigenvalue weighted by Crippen LogP contribution is -2.70. The first-order chi connectivity index (χ1) is 11.4. The topological polar surface area (TPSA) is 13.1 Å². The highest BCUT2D eigenvalue weighted by molar-refractivity contribution is 6.65. The summed E-state index contributed by atoms with van der Waals surface area (Å²) in [6.07, 6.45) is -0.102. The van der Waals surface area contributed by atoms with E-state index >= 15 is 0 Å². The van der Waals surface area contributed by atoms with Crippen LogP contribution in [0.15, 0.2) is 48.7 Å². The molecule has 1 aliphatic rings. The lowest BCUT2D eigenvalue weighted by atomic mass is 9.45. The maximum Gasteiger partial charge on any atom is 0.416 e. The van der Waals surface area contributed by atoms with E-state index in [1.165, 1.54) is 12.1 Å². The van der Waals surface area contributed by atoms with Gasteiger partial charge < -0.3 is 9.13 Å². The van der Waals surface area contributed by atoms with Gasteiger partial charge in [0.15, 0.2) is 0 Å². The molecule has 2 aromatic rings. The molecule has 24 heavy (non-hydrogen) atoms. The van der Waals surface area contributed by atoms with Gasteiger partial charge in [-0.15, -0.1) is 0 Å². The summed E-state index contributed by atoms with van der Waals surface area (Å²) in [4.78, 5) is 0. The number of rotatable bonds is 3. The molecule has 2 nitrogen and oxygen atoms in total. The van der Waals surface area contributed by atoms with Gasteiger partial charge in [-0.25, -0.2) is 0 Å². The first kappa shape index (κ1) is 17.0. The van der Waals surface area contributed by atoms with Gasteiger partial charge in [0.1, 0.15) is 11.9 Å². The Hall–Kier alpha value is -1.82. The predicted octanol–water partition coefficient (Wildman–Crippen LogP) is 4.64. The maximum atomic E-state index is 12.8. The molecule has 1 atom stereocenters. The molecule has 0 radical (unpaired) electrons. The van der Waals surface area contributed by atoms with E-state index in [0.717, 1.165) is 36.0 Å². The largest absolute Gasteiger partial charge is 0.526 e. The van der Waals surface area contributed by atoms with E-state index in [1.807, 2.05) is 18.3 Å². The molecular weight excluding hydrogens is 314 g/mol. The van der Waals surface area contributed by atoms with E-state index in [2.05, 4.69) is 24.4 Å². The van der Waals surface area contributed by atoms with E-state index in [0.29, 0.717) is 6.42 Å². The Labute approximate surface area is 140 Å². The lowest BCUT2D eigenvalue weighted by molar-refractivity contribution is -0.581. The molecule has 0 amide bonds. The predicted molar refractivity (Wildman–Crippen MR) is 87.7 cm³/mol. The number of halogens is 3. The number of benzene rings is 1. The second-order valence-electron chi connectivity index (χ2n) is 6.46. The molecule has 6 heteroatoms. The van der Waals surface area contributed by atoms with Crippen molar-refractivity contribution in [2.24, 2.45) is 0 Å². The van der Waals surface area contributed by atoms with Gasteiger partial charge in [-0.3, -0.25) is 0 Å². The molecule has 1 unspecified atom stereocenters. The van der Waals surface area contributed by atoms with Gasteiger partial charge in [0.05, 0.1) is 18.1 Å². The summed E-state index contributed by atoms with van der Waals surface area (Å²) in [7, 11) is 0. The summed E-state index contributed by atoms with van der Waals surface area (Å²) in [6, 6.07) is 11.4. The van der Waals surface area contributed by atoms with E-state index in [4.69, 9.17) is 4.65 Å². The molecule has 2 heterocycles. The van der Waals surface area contributed by atoms with Crippen LogP contribution in [0.5, 0.6) is 0 Å². The molecule has 0 N–H and O–H groups in total. The van der Waals surface area contributed by atoms with E-state index in [-0.39, 0.29) is 6.10 Å². The smallest absolute Gasteiger partial charge is 0.416 e. The molecular formula is C18H21BF3NO. The van der Waals surface area contributed by atoms with Gasteiger partial charge in [0, 0.05) is 6.07 Å². The third-order valence-electron chi connectivity index (χ3n) is 5.18. The highest BCUT2D eigenvalue weighted by Gasteiger charge is 2.43. The van der Waals surface area contributed by atoms with Crippen molar-refractivity contribution in [1.29, 1.82) is 0 Å². The van der Waals surface area contributed by atoms with Crippen LogP contribution in [0.4, 0.5) is 13.2 Å². The first-order valence-corrected chi connectivity index (χ1v) is 8.42. The number of pyridine rings is 1. The van der Waals surface area contributed by atoms with Crippen molar-refractivity contribution in [3.8, 4) is 0 Å². The third kappa shape index (κ3) is 2.95. The molecule has 1 aliphatic heterocycles. The summed E-state index contributed by atoms with van der Waals surface area (Å²) in [6.45, 7) is 2.98. The van der Waals surface area contributed by atoms with Crippen LogP contribution in [0.1, 0.15) is 36.8 Å². The summed E-state index contributed by atoms with van der Waals surface area (Å²) in [5.74, 6) is 0. The summed E-state index contributed by atoms with van der Waals surface area (Å²) < 4.78 is 47.0. The fourth-order valence-corrected chi connectivity index (χ4v) is 3.69. The highest BCUT2D eigenvalue weighted by atomic mass is 19.4. The Morgan fingerprint density at radius 2 is 1.75 bits per heavy atom. The van der Waals surface area contributed by atoms with Crippen LogP contribution in [-0.4, -0.2) is 6.48 Å². The van der Waals surface area contributed by atoms with Gasteiger partial charge in [-0.2, -0.15) is 13.2 Å². The highest BCUT2D eigenvalue weighted by Crippen LogP contribution is 2.34. The van der Waals surface area contributed by atoms with Crippen molar-refractivity contribution in [3.05, 3.63) is 65.5 Å². The molecule has 0 saturated heterocycles.